The van der Waals surface area contributed by atoms with Gasteiger partial charge in [0.15, 0.2) is 0 Å². The van der Waals surface area contributed by atoms with Crippen LogP contribution in [-0.2, 0) is 16.0 Å². The number of rotatable bonds is 6. The first-order valence-corrected chi connectivity index (χ1v) is 10.0. The summed E-state index contributed by atoms with van der Waals surface area (Å²) in [6, 6.07) is 17.1. The molecule has 2 amide bonds. The molecule has 1 aliphatic rings. The van der Waals surface area contributed by atoms with Crippen molar-refractivity contribution in [2.75, 3.05) is 0 Å². The van der Waals surface area contributed by atoms with Gasteiger partial charge in [0.1, 0.15) is 0 Å². The van der Waals surface area contributed by atoms with Gasteiger partial charge >= 0.3 is 0 Å². The molecule has 0 unspecified atom stereocenters. The molecular formula is C23H24N4O3. The molecule has 1 aromatic heterocycles. The summed E-state index contributed by atoms with van der Waals surface area (Å²) in [6.45, 7) is 2.01. The highest BCUT2D eigenvalue weighted by molar-refractivity contribution is 5.80. The van der Waals surface area contributed by atoms with Crippen LogP contribution in [0.3, 0.4) is 0 Å². The van der Waals surface area contributed by atoms with Crippen LogP contribution in [-0.4, -0.2) is 28.0 Å². The second kappa shape index (κ2) is 8.49. The standard InChI is InChI=1S/C23H24N4O3/c1-14-7-9-15(10-8-14)11-20(28)25-19-13-17(21(24)29)12-18(19)23-26-22(27-30-23)16-5-3-2-4-6-16/h2-10,17-19H,11-13H2,1H3,(H2,24,29)(H,25,28)/t17-,18-,19+/m1/s1. The molecule has 154 valence electrons. The summed E-state index contributed by atoms with van der Waals surface area (Å²) >= 11 is 0. The molecule has 7 nitrogen and oxygen atoms in total. The summed E-state index contributed by atoms with van der Waals surface area (Å²) in [5, 5.41) is 7.13. The average molecular weight is 404 g/mol. The molecule has 4 rings (SSSR count). The van der Waals surface area contributed by atoms with Crippen molar-refractivity contribution >= 4 is 11.8 Å². The molecule has 1 fully saturated rings. The first-order valence-electron chi connectivity index (χ1n) is 10.0. The van der Waals surface area contributed by atoms with Crippen molar-refractivity contribution in [3.63, 3.8) is 0 Å². The van der Waals surface area contributed by atoms with Crippen LogP contribution in [0, 0.1) is 12.8 Å². The first-order chi connectivity index (χ1) is 14.5. The molecule has 2 aromatic carbocycles. The van der Waals surface area contributed by atoms with Gasteiger partial charge in [-0.05, 0) is 25.3 Å². The molecule has 3 atom stereocenters. The lowest BCUT2D eigenvalue weighted by atomic mass is 10.0. The molecule has 0 radical (unpaired) electrons. The minimum Gasteiger partial charge on any atom is -0.369 e. The number of amides is 2. The summed E-state index contributed by atoms with van der Waals surface area (Å²) < 4.78 is 5.51. The predicted molar refractivity (Wildman–Crippen MR) is 111 cm³/mol. The van der Waals surface area contributed by atoms with Crippen molar-refractivity contribution in [1.82, 2.24) is 15.5 Å². The number of hydrogen-bond donors (Lipinski definition) is 2. The van der Waals surface area contributed by atoms with E-state index in [1.54, 1.807) is 0 Å². The normalized spacial score (nSPS) is 20.8. The Morgan fingerprint density at radius 1 is 1.10 bits per heavy atom. The molecular weight excluding hydrogens is 380 g/mol. The Hall–Kier alpha value is -3.48. The van der Waals surface area contributed by atoms with Crippen molar-refractivity contribution < 1.29 is 14.1 Å². The van der Waals surface area contributed by atoms with E-state index < -0.39 is 0 Å². The number of nitrogens with one attached hydrogen (secondary N) is 1. The highest BCUT2D eigenvalue weighted by atomic mass is 16.5. The zero-order chi connectivity index (χ0) is 21.1. The lowest BCUT2D eigenvalue weighted by molar-refractivity contribution is -0.123. The highest BCUT2D eigenvalue weighted by Crippen LogP contribution is 2.38. The number of carbonyl (C=O) groups excluding carboxylic acids is 2. The smallest absolute Gasteiger partial charge is 0.232 e. The van der Waals surface area contributed by atoms with Gasteiger partial charge < -0.3 is 15.6 Å². The molecule has 30 heavy (non-hydrogen) atoms. The average Bonchev–Trinajstić information content (AvgIpc) is 3.38. The number of benzene rings is 2. The third-order valence-electron chi connectivity index (χ3n) is 5.59. The number of aromatic nitrogens is 2. The maximum atomic E-state index is 12.6. The summed E-state index contributed by atoms with van der Waals surface area (Å²) in [5.74, 6) is -0.183. The SMILES string of the molecule is Cc1ccc(CC(=O)N[C@H]2C[C@H](C(N)=O)C[C@H]2c2nc(-c3ccccc3)no2)cc1. The van der Waals surface area contributed by atoms with E-state index in [9.17, 15) is 9.59 Å². The molecule has 0 aliphatic heterocycles. The van der Waals surface area contributed by atoms with E-state index in [4.69, 9.17) is 10.3 Å². The fourth-order valence-corrected chi connectivity index (χ4v) is 3.94. The Labute approximate surface area is 174 Å². The van der Waals surface area contributed by atoms with Gasteiger partial charge in [0.25, 0.3) is 0 Å². The van der Waals surface area contributed by atoms with Crippen molar-refractivity contribution in [3.05, 3.63) is 71.6 Å². The van der Waals surface area contributed by atoms with Crippen LogP contribution in [0.2, 0.25) is 0 Å². The highest BCUT2D eigenvalue weighted by Gasteiger charge is 2.41. The van der Waals surface area contributed by atoms with E-state index in [-0.39, 0.29) is 36.1 Å². The molecule has 0 saturated heterocycles. The van der Waals surface area contributed by atoms with Crippen LogP contribution in [0.5, 0.6) is 0 Å². The second-order valence-electron chi connectivity index (χ2n) is 7.84. The van der Waals surface area contributed by atoms with Crippen molar-refractivity contribution in [2.24, 2.45) is 11.7 Å². The minimum absolute atomic E-state index is 0.109. The summed E-state index contributed by atoms with van der Waals surface area (Å²) in [5.41, 5.74) is 8.47. The molecule has 3 N–H and O–H groups in total. The molecule has 1 saturated carbocycles. The van der Waals surface area contributed by atoms with E-state index in [1.165, 1.54) is 0 Å². The van der Waals surface area contributed by atoms with E-state index in [2.05, 4.69) is 15.5 Å². The second-order valence-corrected chi connectivity index (χ2v) is 7.84. The number of primary amides is 1. The van der Waals surface area contributed by atoms with Crippen molar-refractivity contribution in [3.8, 4) is 11.4 Å². The van der Waals surface area contributed by atoms with Gasteiger partial charge in [-0.15, -0.1) is 0 Å². The molecule has 3 aromatic rings. The number of hydrogen-bond acceptors (Lipinski definition) is 5. The predicted octanol–water partition coefficient (Wildman–Crippen LogP) is 2.75. The topological polar surface area (TPSA) is 111 Å². The van der Waals surface area contributed by atoms with Crippen LogP contribution in [0.15, 0.2) is 59.1 Å². The molecule has 7 heteroatoms. The first kappa shape index (κ1) is 19.8. The molecule has 0 spiro atoms. The zero-order valence-electron chi connectivity index (χ0n) is 16.7. The Kier molecular flexibility index (Phi) is 5.61. The van der Waals surface area contributed by atoms with Crippen LogP contribution in [0.4, 0.5) is 0 Å². The lowest BCUT2D eigenvalue weighted by Crippen LogP contribution is -2.38. The van der Waals surface area contributed by atoms with Crippen LogP contribution in [0.25, 0.3) is 11.4 Å². The molecule has 0 bridgehead atoms. The van der Waals surface area contributed by atoms with Gasteiger partial charge in [0, 0.05) is 17.5 Å². The molecule has 1 heterocycles. The largest absolute Gasteiger partial charge is 0.369 e. The number of aryl methyl sites for hydroxylation is 1. The van der Waals surface area contributed by atoms with Gasteiger partial charge in [-0.1, -0.05) is 65.3 Å². The van der Waals surface area contributed by atoms with Crippen molar-refractivity contribution in [1.29, 1.82) is 0 Å². The third-order valence-corrected chi connectivity index (χ3v) is 5.59. The number of carbonyl (C=O) groups is 2. The van der Waals surface area contributed by atoms with Crippen molar-refractivity contribution in [2.45, 2.75) is 38.1 Å². The maximum Gasteiger partial charge on any atom is 0.232 e. The zero-order valence-corrected chi connectivity index (χ0v) is 16.7. The Bertz CT molecular complexity index is 1030. The minimum atomic E-state index is -0.377. The lowest BCUT2D eigenvalue weighted by Gasteiger charge is -2.18. The Morgan fingerprint density at radius 2 is 1.83 bits per heavy atom. The van der Waals surface area contributed by atoms with E-state index in [0.717, 1.165) is 16.7 Å². The quantitative estimate of drug-likeness (QED) is 0.656. The van der Waals surface area contributed by atoms with E-state index >= 15 is 0 Å². The monoisotopic (exact) mass is 404 g/mol. The third kappa shape index (κ3) is 4.40. The fourth-order valence-electron chi connectivity index (χ4n) is 3.94. The van der Waals surface area contributed by atoms with Gasteiger partial charge in [-0.25, -0.2) is 0 Å². The molecule has 1 aliphatic carbocycles. The van der Waals surface area contributed by atoms with Gasteiger partial charge in [0.2, 0.25) is 23.5 Å². The van der Waals surface area contributed by atoms with Gasteiger partial charge in [0.05, 0.1) is 12.3 Å². The maximum absolute atomic E-state index is 12.6. The van der Waals surface area contributed by atoms with Crippen LogP contribution >= 0.6 is 0 Å². The summed E-state index contributed by atoms with van der Waals surface area (Å²) in [7, 11) is 0. The number of nitrogens with two attached hydrogens (primary N) is 1. The van der Waals surface area contributed by atoms with E-state index in [1.807, 2.05) is 61.5 Å². The van der Waals surface area contributed by atoms with E-state index in [0.29, 0.717) is 24.6 Å². The Balaban J connectivity index is 1.50. The van der Waals surface area contributed by atoms with Crippen LogP contribution in [0.1, 0.15) is 35.8 Å². The van der Waals surface area contributed by atoms with Crippen LogP contribution < -0.4 is 11.1 Å². The number of nitrogens with zero attached hydrogens (tertiary/aromatic N) is 2. The summed E-state index contributed by atoms with van der Waals surface area (Å²) in [6.07, 6.45) is 1.20. The van der Waals surface area contributed by atoms with Gasteiger partial charge in [-0.3, -0.25) is 9.59 Å². The summed E-state index contributed by atoms with van der Waals surface area (Å²) in [4.78, 5) is 29.0. The Morgan fingerprint density at radius 3 is 2.53 bits per heavy atom. The fraction of sp³-hybridized carbons (Fsp3) is 0.304. The van der Waals surface area contributed by atoms with Gasteiger partial charge in [-0.2, -0.15) is 4.98 Å².